The quantitative estimate of drug-likeness (QED) is 0.268. The average molecular weight is 617 g/mol. The van der Waals surface area contributed by atoms with Crippen molar-refractivity contribution in [1.82, 2.24) is 10.0 Å². The van der Waals surface area contributed by atoms with Crippen LogP contribution in [-0.2, 0) is 16.1 Å². The zero-order chi connectivity index (χ0) is 31.2. The second kappa shape index (κ2) is 12.7. The minimum absolute atomic E-state index is 0.138. The molecule has 0 saturated heterocycles. The lowest BCUT2D eigenvalue weighted by Crippen LogP contribution is -2.63. The largest absolute Gasteiger partial charge is 0.588 e. The van der Waals surface area contributed by atoms with E-state index in [2.05, 4.69) is 44.7 Å². The molecule has 0 aliphatic heterocycles. The van der Waals surface area contributed by atoms with E-state index in [-0.39, 0.29) is 22.3 Å². The van der Waals surface area contributed by atoms with E-state index in [0.717, 1.165) is 25.7 Å². The van der Waals surface area contributed by atoms with Gasteiger partial charge in [-0.25, -0.2) is 4.79 Å². The molecule has 242 valence electrons. The van der Waals surface area contributed by atoms with Gasteiger partial charge in [0.05, 0.1) is 19.3 Å². The van der Waals surface area contributed by atoms with Crippen molar-refractivity contribution in [3.63, 3.8) is 0 Å². The van der Waals surface area contributed by atoms with Crippen LogP contribution in [0.5, 0.6) is 5.75 Å². The van der Waals surface area contributed by atoms with Gasteiger partial charge < -0.3 is 24.4 Å². The smallest absolute Gasteiger partial charge is 0.356 e. The Balaban J connectivity index is 1.23. The van der Waals surface area contributed by atoms with Crippen molar-refractivity contribution in [2.24, 2.45) is 51.8 Å². The van der Waals surface area contributed by atoms with E-state index in [4.69, 9.17) is 9.47 Å². The number of hydrogen-bond donors (Lipinski definition) is 3. The molecule has 1 unspecified atom stereocenters. The lowest BCUT2D eigenvalue weighted by Gasteiger charge is -2.66. The Morgan fingerprint density at radius 2 is 1.77 bits per heavy atom. The summed E-state index contributed by atoms with van der Waals surface area (Å²) in [6.07, 6.45) is 10.2. The van der Waals surface area contributed by atoms with Crippen molar-refractivity contribution in [3.8, 4) is 5.75 Å². The molecule has 43 heavy (non-hydrogen) atoms. The van der Waals surface area contributed by atoms with E-state index in [9.17, 15) is 14.5 Å². The number of fused-ring (bicyclic) bond motifs is 5. The molecule has 7 nitrogen and oxygen atoms in total. The van der Waals surface area contributed by atoms with Crippen LogP contribution in [0.15, 0.2) is 29.2 Å². The van der Waals surface area contributed by atoms with Gasteiger partial charge >= 0.3 is 6.03 Å². The zero-order valence-electron chi connectivity index (χ0n) is 27.5. The van der Waals surface area contributed by atoms with Crippen molar-refractivity contribution in [2.75, 3.05) is 20.8 Å². The summed E-state index contributed by atoms with van der Waals surface area (Å²) in [5, 5.41) is 15.1. The fourth-order valence-electron chi connectivity index (χ4n) is 10.9. The second-order valence-corrected chi connectivity index (χ2v) is 16.2. The van der Waals surface area contributed by atoms with Gasteiger partial charge in [0, 0.05) is 13.7 Å². The third kappa shape index (κ3) is 5.61. The minimum atomic E-state index is -1.63. The second-order valence-electron chi connectivity index (χ2n) is 15.0. The van der Waals surface area contributed by atoms with Crippen LogP contribution in [0.4, 0.5) is 4.79 Å². The van der Waals surface area contributed by atoms with Gasteiger partial charge in [0.15, 0.2) is 4.90 Å². The van der Waals surface area contributed by atoms with Crippen LogP contribution in [-0.4, -0.2) is 48.7 Å². The first kappa shape index (κ1) is 32.9. The van der Waals surface area contributed by atoms with E-state index in [1.165, 1.54) is 32.1 Å². The number of ether oxygens (including phenoxy) is 2. The SMILES string of the molecule is CC[C@H]1[C@@H](O)[C@@H]2[C@H](CC[C@@]3(C)[C@H]2CC[C@]3(C)[C@H](C)CCNC(=O)N[S+]([O-])c2ccc(OC)cc2)[C@@]2(C)CC[C@@H](OC)C[C@@H]12. The van der Waals surface area contributed by atoms with Crippen molar-refractivity contribution in [3.05, 3.63) is 24.3 Å². The number of rotatable bonds is 9. The summed E-state index contributed by atoms with van der Waals surface area (Å²) in [6, 6.07) is 6.45. The number of aliphatic hydroxyl groups excluding tert-OH is 1. The van der Waals surface area contributed by atoms with Gasteiger partial charge in [0.2, 0.25) is 0 Å². The topological polar surface area (TPSA) is 103 Å². The zero-order valence-corrected chi connectivity index (χ0v) is 28.3. The lowest BCUT2D eigenvalue weighted by atomic mass is 9.40. The summed E-state index contributed by atoms with van der Waals surface area (Å²) in [5.74, 6) is 3.47. The molecule has 4 aliphatic carbocycles. The van der Waals surface area contributed by atoms with Crippen LogP contribution >= 0.6 is 0 Å². The number of nitrogens with one attached hydrogen (secondary N) is 2. The summed E-state index contributed by atoms with van der Waals surface area (Å²) in [5.41, 5.74) is 0.590. The highest BCUT2D eigenvalue weighted by Crippen LogP contribution is 2.72. The number of carbonyl (C=O) groups is 1. The Bertz CT molecular complexity index is 1120. The monoisotopic (exact) mass is 616 g/mol. The molecule has 0 bridgehead atoms. The lowest BCUT2D eigenvalue weighted by molar-refractivity contribution is -0.211. The maximum absolute atomic E-state index is 12.6. The summed E-state index contributed by atoms with van der Waals surface area (Å²) in [6.45, 7) is 12.7. The van der Waals surface area contributed by atoms with E-state index in [1.807, 2.05) is 7.11 Å². The fraction of sp³-hybridized carbons (Fsp3) is 0.800. The summed E-state index contributed by atoms with van der Waals surface area (Å²) < 4.78 is 26.2. The van der Waals surface area contributed by atoms with Gasteiger partial charge in [-0.3, -0.25) is 0 Å². The maximum atomic E-state index is 12.6. The van der Waals surface area contributed by atoms with Gasteiger partial charge in [-0.05, 0) is 127 Å². The molecule has 4 saturated carbocycles. The van der Waals surface area contributed by atoms with Gasteiger partial charge in [-0.15, -0.1) is 4.72 Å². The van der Waals surface area contributed by atoms with E-state index in [0.29, 0.717) is 58.8 Å². The van der Waals surface area contributed by atoms with Crippen LogP contribution in [0.1, 0.15) is 92.4 Å². The summed E-state index contributed by atoms with van der Waals surface area (Å²) in [4.78, 5) is 13.1. The number of methoxy groups -OCH3 is 2. The molecular formula is C35H56N2O5S. The molecule has 3 N–H and O–H groups in total. The standard InChI is InChI=1S/C35H56N2O5S/c1-8-26-29-21-24(42-7)13-17-33(29,3)27-14-19-35(5)28(30(27)31(26)38)15-18-34(35,4)22(2)16-20-36-32(39)37-43(40)25-11-9-23(41-6)10-12-25/h9-12,22,24,26-31,38H,8,13-21H2,1-7H3,(H2,36,37,39)/t22-,24-,26-,27+,28+,29+,30-,31-,33-,34-,35+,43?/m1/s1. The molecule has 4 fully saturated rings. The first-order chi connectivity index (χ1) is 20.4. The molecule has 4 aliphatic rings. The molecular weight excluding hydrogens is 560 g/mol. The van der Waals surface area contributed by atoms with Crippen molar-refractivity contribution >= 4 is 17.4 Å². The predicted molar refractivity (Wildman–Crippen MR) is 171 cm³/mol. The number of carbonyl (C=O) groups excluding carboxylic acids is 1. The van der Waals surface area contributed by atoms with Gasteiger partial charge in [-0.1, -0.05) is 41.0 Å². The Morgan fingerprint density at radius 3 is 2.42 bits per heavy atom. The summed E-state index contributed by atoms with van der Waals surface area (Å²) >= 11 is -1.63. The molecule has 0 spiro atoms. The maximum Gasteiger partial charge on any atom is 0.356 e. The van der Waals surface area contributed by atoms with Crippen LogP contribution in [0.25, 0.3) is 0 Å². The van der Waals surface area contributed by atoms with Gasteiger partial charge in [0.25, 0.3) is 0 Å². The Kier molecular flexibility index (Phi) is 9.74. The fourth-order valence-corrected chi connectivity index (χ4v) is 11.6. The first-order valence-corrected chi connectivity index (χ1v) is 17.9. The van der Waals surface area contributed by atoms with Gasteiger partial charge in [0.1, 0.15) is 17.1 Å². The van der Waals surface area contributed by atoms with Crippen molar-refractivity contribution < 1.29 is 23.9 Å². The van der Waals surface area contributed by atoms with Gasteiger partial charge in [-0.2, -0.15) is 0 Å². The van der Waals surface area contributed by atoms with Crippen molar-refractivity contribution in [1.29, 1.82) is 0 Å². The third-order valence-corrected chi connectivity index (χ3v) is 14.9. The number of hydrogen-bond acceptors (Lipinski definition) is 5. The third-order valence-electron chi connectivity index (χ3n) is 13.8. The van der Waals surface area contributed by atoms with E-state index in [1.54, 1.807) is 31.4 Å². The van der Waals surface area contributed by atoms with Crippen LogP contribution < -0.4 is 14.8 Å². The van der Waals surface area contributed by atoms with Crippen LogP contribution in [0, 0.1) is 51.8 Å². The number of amides is 2. The highest BCUT2D eigenvalue weighted by atomic mass is 32.2. The van der Waals surface area contributed by atoms with Crippen LogP contribution in [0.3, 0.4) is 0 Å². The molecule has 0 heterocycles. The van der Waals surface area contributed by atoms with E-state index < -0.39 is 17.4 Å². The predicted octanol–water partition coefficient (Wildman–Crippen LogP) is 6.71. The Hall–Kier alpha value is -1.48. The highest BCUT2D eigenvalue weighted by molar-refractivity contribution is 7.90. The minimum Gasteiger partial charge on any atom is -0.588 e. The molecule has 1 aromatic rings. The van der Waals surface area contributed by atoms with Crippen LogP contribution in [0.2, 0.25) is 0 Å². The number of benzene rings is 1. The van der Waals surface area contributed by atoms with E-state index >= 15 is 0 Å². The number of urea groups is 1. The first-order valence-electron chi connectivity index (χ1n) is 16.7. The highest BCUT2D eigenvalue weighted by Gasteiger charge is 2.67. The molecule has 0 radical (unpaired) electrons. The molecule has 8 heteroatoms. The number of aliphatic hydroxyl groups is 1. The molecule has 0 aromatic heterocycles. The molecule has 12 atom stereocenters. The van der Waals surface area contributed by atoms with Crippen molar-refractivity contribution in [2.45, 2.75) is 110 Å². The Morgan fingerprint density at radius 1 is 1.07 bits per heavy atom. The Labute approximate surface area is 263 Å². The molecule has 5 rings (SSSR count). The molecule has 2 amide bonds. The normalized spacial score (nSPS) is 41.7. The summed E-state index contributed by atoms with van der Waals surface area (Å²) in [7, 11) is 3.44. The molecule has 1 aromatic carbocycles. The average Bonchev–Trinajstić information content (AvgIpc) is 3.28.